The fourth-order valence-electron chi connectivity index (χ4n) is 3.29. The molecule has 2 heterocycles. The minimum absolute atomic E-state index is 0.173. The van der Waals surface area contributed by atoms with Crippen molar-refractivity contribution in [1.82, 2.24) is 14.7 Å². The molecule has 1 aliphatic heterocycles. The summed E-state index contributed by atoms with van der Waals surface area (Å²) >= 11 is 0. The molecule has 4 rings (SSSR count). The molecule has 1 fully saturated rings. The highest BCUT2D eigenvalue weighted by molar-refractivity contribution is 6.48. The van der Waals surface area contributed by atoms with Gasteiger partial charge < -0.3 is 11.1 Å². The van der Waals surface area contributed by atoms with Gasteiger partial charge in [-0.1, -0.05) is 42.5 Å². The van der Waals surface area contributed by atoms with Gasteiger partial charge in [0.2, 0.25) is 0 Å². The summed E-state index contributed by atoms with van der Waals surface area (Å²) in [5, 5.41) is 15.1. The summed E-state index contributed by atoms with van der Waals surface area (Å²) < 4.78 is 1.76. The molecular weight excluding hydrogens is 364 g/mol. The molecule has 29 heavy (non-hydrogen) atoms. The van der Waals surface area contributed by atoms with Crippen LogP contribution in [0.5, 0.6) is 0 Å². The van der Waals surface area contributed by atoms with Gasteiger partial charge in [0.25, 0.3) is 5.91 Å². The monoisotopic (exact) mass is 388 g/mol. The zero-order valence-corrected chi connectivity index (χ0v) is 16.1. The summed E-state index contributed by atoms with van der Waals surface area (Å²) in [5.74, 6) is -0.516. The van der Waals surface area contributed by atoms with Crippen LogP contribution in [0.25, 0.3) is 0 Å². The van der Waals surface area contributed by atoms with Crippen molar-refractivity contribution in [3.8, 4) is 0 Å². The van der Waals surface area contributed by atoms with E-state index in [4.69, 9.17) is 11.1 Å². The molecule has 7 nitrogen and oxygen atoms in total. The SMILES string of the molecule is N=C(C(=O)Nc1cnn(Cc2ccc(CN3CCC3)cc2)c1)c1ccccc1N. The Kier molecular flexibility index (Phi) is 5.39. The van der Waals surface area contributed by atoms with Crippen LogP contribution in [0, 0.1) is 5.41 Å². The zero-order chi connectivity index (χ0) is 20.2. The number of carbonyl (C=O) groups excluding carboxylic acids is 1. The van der Waals surface area contributed by atoms with Crippen LogP contribution in [0.1, 0.15) is 23.1 Å². The van der Waals surface area contributed by atoms with Crippen LogP contribution in [0.3, 0.4) is 0 Å². The number of nitrogens with zero attached hydrogens (tertiary/aromatic N) is 3. The number of nitrogens with one attached hydrogen (secondary N) is 2. The number of hydrogen-bond donors (Lipinski definition) is 3. The molecule has 1 amide bonds. The molecule has 4 N–H and O–H groups in total. The number of para-hydroxylation sites is 1. The maximum atomic E-state index is 12.4. The Labute approximate surface area is 169 Å². The molecule has 0 saturated carbocycles. The molecule has 148 valence electrons. The van der Waals surface area contributed by atoms with E-state index in [-0.39, 0.29) is 5.71 Å². The lowest BCUT2D eigenvalue weighted by atomic mass is 10.1. The van der Waals surface area contributed by atoms with Crippen molar-refractivity contribution in [3.63, 3.8) is 0 Å². The molecule has 1 aliphatic rings. The highest BCUT2D eigenvalue weighted by atomic mass is 16.1. The van der Waals surface area contributed by atoms with Crippen molar-refractivity contribution >= 4 is 23.0 Å². The van der Waals surface area contributed by atoms with Crippen molar-refractivity contribution in [2.45, 2.75) is 19.5 Å². The predicted octanol–water partition coefficient (Wildman–Crippen LogP) is 2.73. The van der Waals surface area contributed by atoms with Crippen molar-refractivity contribution in [1.29, 1.82) is 5.41 Å². The molecule has 3 aromatic rings. The number of amides is 1. The standard InChI is InChI=1S/C22H24N6O/c23-20-5-2-1-4-19(20)21(24)22(29)26-18-12-25-28(15-18)14-17-8-6-16(7-9-17)13-27-10-3-11-27/h1-2,4-9,12,15,24H,3,10-11,13-14,23H2,(H,26,29). The van der Waals surface area contributed by atoms with Crippen LogP contribution >= 0.6 is 0 Å². The lowest BCUT2D eigenvalue weighted by molar-refractivity contribution is -0.110. The number of nitrogens with two attached hydrogens (primary N) is 1. The summed E-state index contributed by atoms with van der Waals surface area (Å²) in [4.78, 5) is 14.8. The number of likely N-dealkylation sites (tertiary alicyclic amines) is 1. The largest absolute Gasteiger partial charge is 0.398 e. The number of anilines is 2. The quantitative estimate of drug-likeness (QED) is 0.428. The maximum Gasteiger partial charge on any atom is 0.274 e. The Morgan fingerprint density at radius 2 is 1.76 bits per heavy atom. The van der Waals surface area contributed by atoms with E-state index in [9.17, 15) is 4.79 Å². The van der Waals surface area contributed by atoms with E-state index in [2.05, 4.69) is 39.6 Å². The maximum absolute atomic E-state index is 12.4. The minimum Gasteiger partial charge on any atom is -0.398 e. The summed E-state index contributed by atoms with van der Waals surface area (Å²) in [6.07, 6.45) is 4.64. The van der Waals surface area contributed by atoms with Gasteiger partial charge in [0, 0.05) is 24.0 Å². The van der Waals surface area contributed by atoms with Gasteiger partial charge >= 0.3 is 0 Å². The Balaban J connectivity index is 1.35. The normalized spacial score (nSPS) is 13.7. The van der Waals surface area contributed by atoms with E-state index in [1.165, 1.54) is 25.1 Å². The molecule has 0 atom stereocenters. The van der Waals surface area contributed by atoms with Crippen LogP contribution in [0.4, 0.5) is 11.4 Å². The number of rotatable bonds is 7. The smallest absolute Gasteiger partial charge is 0.274 e. The summed E-state index contributed by atoms with van der Waals surface area (Å²) in [6, 6.07) is 15.4. The molecule has 0 unspecified atom stereocenters. The third-order valence-corrected chi connectivity index (χ3v) is 5.07. The Morgan fingerprint density at radius 1 is 1.07 bits per heavy atom. The Morgan fingerprint density at radius 3 is 2.41 bits per heavy atom. The van der Waals surface area contributed by atoms with Gasteiger partial charge in [-0.05, 0) is 36.7 Å². The minimum atomic E-state index is -0.516. The summed E-state index contributed by atoms with van der Waals surface area (Å²) in [6.45, 7) is 4.01. The number of carbonyl (C=O) groups is 1. The number of aromatic nitrogens is 2. The van der Waals surface area contributed by atoms with Crippen LogP contribution < -0.4 is 11.1 Å². The van der Waals surface area contributed by atoms with Crippen LogP contribution in [-0.2, 0) is 17.9 Å². The summed E-state index contributed by atoms with van der Waals surface area (Å²) in [7, 11) is 0. The van der Waals surface area contributed by atoms with E-state index in [1.807, 2.05) is 0 Å². The third kappa shape index (κ3) is 4.52. The van der Waals surface area contributed by atoms with E-state index in [0.717, 1.165) is 12.1 Å². The van der Waals surface area contributed by atoms with Crippen molar-refractivity contribution in [2.75, 3.05) is 24.1 Å². The molecule has 0 aliphatic carbocycles. The fraction of sp³-hybridized carbons (Fsp3) is 0.227. The second-order valence-electron chi connectivity index (χ2n) is 7.29. The molecule has 1 aromatic heterocycles. The molecule has 0 bridgehead atoms. The molecule has 0 spiro atoms. The molecular formula is C22H24N6O. The van der Waals surface area contributed by atoms with Crippen LogP contribution in [0.2, 0.25) is 0 Å². The first-order valence-electron chi connectivity index (χ1n) is 9.66. The second kappa shape index (κ2) is 8.28. The average molecular weight is 388 g/mol. The molecule has 0 radical (unpaired) electrons. The zero-order valence-electron chi connectivity index (χ0n) is 16.1. The van der Waals surface area contributed by atoms with Crippen LogP contribution in [-0.4, -0.2) is 39.4 Å². The van der Waals surface area contributed by atoms with Crippen molar-refractivity contribution in [3.05, 3.63) is 77.6 Å². The molecule has 7 heteroatoms. The Hall–Kier alpha value is -3.45. The molecule has 1 saturated heterocycles. The Bertz CT molecular complexity index is 1020. The first-order chi connectivity index (χ1) is 14.1. The van der Waals surface area contributed by atoms with E-state index in [1.54, 1.807) is 41.3 Å². The van der Waals surface area contributed by atoms with Gasteiger partial charge in [-0.2, -0.15) is 5.10 Å². The van der Waals surface area contributed by atoms with E-state index < -0.39 is 5.91 Å². The van der Waals surface area contributed by atoms with Crippen molar-refractivity contribution < 1.29 is 4.79 Å². The van der Waals surface area contributed by atoms with Gasteiger partial charge in [-0.25, -0.2) is 0 Å². The fourth-order valence-corrected chi connectivity index (χ4v) is 3.29. The van der Waals surface area contributed by atoms with Gasteiger partial charge in [0.1, 0.15) is 5.71 Å². The van der Waals surface area contributed by atoms with E-state index >= 15 is 0 Å². The van der Waals surface area contributed by atoms with Gasteiger partial charge in [0.15, 0.2) is 0 Å². The van der Waals surface area contributed by atoms with Crippen LogP contribution in [0.15, 0.2) is 60.9 Å². The number of hydrogen-bond acceptors (Lipinski definition) is 5. The lowest BCUT2D eigenvalue weighted by Crippen LogP contribution is -2.36. The first kappa shape index (κ1) is 18.9. The summed E-state index contributed by atoms with van der Waals surface area (Å²) in [5.41, 5.74) is 9.50. The second-order valence-corrected chi connectivity index (χ2v) is 7.29. The van der Waals surface area contributed by atoms with Gasteiger partial charge in [-0.15, -0.1) is 0 Å². The highest BCUT2D eigenvalue weighted by Gasteiger charge is 2.15. The predicted molar refractivity (Wildman–Crippen MR) is 114 cm³/mol. The number of nitrogen functional groups attached to an aromatic ring is 1. The van der Waals surface area contributed by atoms with Crippen molar-refractivity contribution in [2.24, 2.45) is 0 Å². The molecule has 2 aromatic carbocycles. The first-order valence-corrected chi connectivity index (χ1v) is 9.66. The highest BCUT2D eigenvalue weighted by Crippen LogP contribution is 2.15. The average Bonchev–Trinajstić information content (AvgIpc) is 3.12. The number of benzene rings is 2. The van der Waals surface area contributed by atoms with Gasteiger partial charge in [0.05, 0.1) is 18.4 Å². The van der Waals surface area contributed by atoms with Gasteiger partial charge in [-0.3, -0.25) is 19.8 Å². The third-order valence-electron chi connectivity index (χ3n) is 5.07. The lowest BCUT2D eigenvalue weighted by Gasteiger charge is -2.30. The van der Waals surface area contributed by atoms with E-state index in [0.29, 0.717) is 23.5 Å². The topological polar surface area (TPSA) is 100 Å².